The molecule has 146 valence electrons. The molecular formula is C20H28N4O3. The van der Waals surface area contributed by atoms with Crippen molar-refractivity contribution in [3.05, 3.63) is 30.2 Å². The molecule has 0 radical (unpaired) electrons. The largest absolute Gasteiger partial charge is 0.497 e. The number of hydrogen-bond donors (Lipinski definition) is 1. The maximum Gasteiger partial charge on any atom is 0.241 e. The first-order chi connectivity index (χ1) is 13.2. The Morgan fingerprint density at radius 3 is 2.93 bits per heavy atom. The van der Waals surface area contributed by atoms with Crippen molar-refractivity contribution in [2.75, 3.05) is 26.7 Å². The smallest absolute Gasteiger partial charge is 0.241 e. The Morgan fingerprint density at radius 1 is 1.37 bits per heavy atom. The molecule has 1 unspecified atom stereocenters. The van der Waals surface area contributed by atoms with Crippen LogP contribution in [0.25, 0.3) is 11.4 Å². The maximum atomic E-state index is 12.3. The van der Waals surface area contributed by atoms with Crippen LogP contribution in [0, 0.1) is 5.92 Å². The Kier molecular flexibility index (Phi) is 6.81. The molecule has 1 atom stereocenters. The van der Waals surface area contributed by atoms with E-state index < -0.39 is 0 Å². The van der Waals surface area contributed by atoms with Gasteiger partial charge in [0, 0.05) is 18.7 Å². The van der Waals surface area contributed by atoms with Crippen molar-refractivity contribution >= 4 is 5.91 Å². The summed E-state index contributed by atoms with van der Waals surface area (Å²) >= 11 is 0. The van der Waals surface area contributed by atoms with E-state index in [2.05, 4.69) is 27.3 Å². The zero-order valence-corrected chi connectivity index (χ0v) is 16.1. The van der Waals surface area contributed by atoms with Crippen molar-refractivity contribution < 1.29 is 14.1 Å². The molecule has 1 aliphatic rings. The molecule has 0 bridgehead atoms. The van der Waals surface area contributed by atoms with Crippen LogP contribution in [-0.2, 0) is 11.3 Å². The first-order valence-corrected chi connectivity index (χ1v) is 9.66. The number of methoxy groups -OCH3 is 1. The molecule has 0 saturated carbocycles. The molecule has 1 N–H and O–H groups in total. The fraction of sp³-hybridized carbons (Fsp3) is 0.550. The zero-order valence-electron chi connectivity index (χ0n) is 16.1. The van der Waals surface area contributed by atoms with Crippen molar-refractivity contribution in [3.63, 3.8) is 0 Å². The van der Waals surface area contributed by atoms with E-state index in [1.54, 1.807) is 7.11 Å². The number of piperidine rings is 1. The molecule has 2 heterocycles. The number of carbonyl (C=O) groups excluding carboxylic acids is 1. The van der Waals surface area contributed by atoms with Gasteiger partial charge in [-0.15, -0.1) is 0 Å². The van der Waals surface area contributed by atoms with E-state index in [9.17, 15) is 4.79 Å². The fourth-order valence-electron chi connectivity index (χ4n) is 3.31. The van der Waals surface area contributed by atoms with Crippen LogP contribution in [0.1, 0.15) is 38.5 Å². The van der Waals surface area contributed by atoms with Crippen LogP contribution in [0.3, 0.4) is 0 Å². The molecule has 1 amide bonds. The third-order valence-electron chi connectivity index (χ3n) is 4.88. The highest BCUT2D eigenvalue weighted by atomic mass is 16.5. The standard InChI is InChI=1S/C20H28N4O3/c1-3-4-11-21-20(25)16-6-5-12-24(13-16)14-18-22-19(23-27-18)15-7-9-17(26-2)10-8-15/h7-10,16H,3-6,11-14H2,1-2H3,(H,21,25). The lowest BCUT2D eigenvalue weighted by Crippen LogP contribution is -2.42. The first kappa shape index (κ1) is 19.4. The summed E-state index contributed by atoms with van der Waals surface area (Å²) in [6, 6.07) is 7.56. The minimum Gasteiger partial charge on any atom is -0.497 e. The van der Waals surface area contributed by atoms with Gasteiger partial charge in [-0.25, -0.2) is 0 Å². The van der Waals surface area contributed by atoms with E-state index in [4.69, 9.17) is 9.26 Å². The van der Waals surface area contributed by atoms with Crippen LogP contribution < -0.4 is 10.1 Å². The van der Waals surface area contributed by atoms with E-state index in [1.165, 1.54) is 0 Å². The van der Waals surface area contributed by atoms with Crippen molar-refractivity contribution in [1.29, 1.82) is 0 Å². The van der Waals surface area contributed by atoms with Crippen LogP contribution in [-0.4, -0.2) is 47.7 Å². The van der Waals surface area contributed by atoms with E-state index in [0.29, 0.717) is 18.3 Å². The summed E-state index contributed by atoms with van der Waals surface area (Å²) in [7, 11) is 1.64. The molecule has 0 aliphatic carbocycles. The highest BCUT2D eigenvalue weighted by Crippen LogP contribution is 2.22. The highest BCUT2D eigenvalue weighted by molar-refractivity contribution is 5.78. The molecule has 7 nitrogen and oxygen atoms in total. The number of benzene rings is 1. The van der Waals surface area contributed by atoms with Gasteiger partial charge in [0.25, 0.3) is 0 Å². The quantitative estimate of drug-likeness (QED) is 0.718. The molecule has 7 heteroatoms. The van der Waals surface area contributed by atoms with Crippen LogP contribution in [0.4, 0.5) is 0 Å². The second-order valence-electron chi connectivity index (χ2n) is 6.96. The molecule has 27 heavy (non-hydrogen) atoms. The lowest BCUT2D eigenvalue weighted by Gasteiger charge is -2.30. The number of ether oxygens (including phenoxy) is 1. The Morgan fingerprint density at radius 2 is 2.19 bits per heavy atom. The zero-order chi connectivity index (χ0) is 19.1. The predicted molar refractivity (Wildman–Crippen MR) is 102 cm³/mol. The summed E-state index contributed by atoms with van der Waals surface area (Å²) in [6.07, 6.45) is 4.06. The SMILES string of the molecule is CCCCNC(=O)C1CCCN(Cc2nc(-c3ccc(OC)cc3)no2)C1. The van der Waals surface area contributed by atoms with Crippen LogP contribution in [0.2, 0.25) is 0 Å². The van der Waals surface area contributed by atoms with Crippen molar-refractivity contribution in [1.82, 2.24) is 20.4 Å². The number of likely N-dealkylation sites (tertiary alicyclic amines) is 1. The van der Waals surface area contributed by atoms with Gasteiger partial charge < -0.3 is 14.6 Å². The monoisotopic (exact) mass is 372 g/mol. The average molecular weight is 372 g/mol. The summed E-state index contributed by atoms with van der Waals surface area (Å²) in [5.41, 5.74) is 0.887. The number of nitrogens with one attached hydrogen (secondary N) is 1. The van der Waals surface area contributed by atoms with Gasteiger partial charge >= 0.3 is 0 Å². The third-order valence-corrected chi connectivity index (χ3v) is 4.88. The summed E-state index contributed by atoms with van der Waals surface area (Å²) in [5, 5.41) is 7.12. The summed E-state index contributed by atoms with van der Waals surface area (Å²) in [6.45, 7) is 5.14. The number of hydrogen-bond acceptors (Lipinski definition) is 6. The number of amides is 1. The van der Waals surface area contributed by atoms with E-state index >= 15 is 0 Å². The molecule has 0 spiro atoms. The normalized spacial score (nSPS) is 17.6. The highest BCUT2D eigenvalue weighted by Gasteiger charge is 2.26. The van der Waals surface area contributed by atoms with E-state index in [1.807, 2.05) is 24.3 Å². The lowest BCUT2D eigenvalue weighted by atomic mass is 9.97. The van der Waals surface area contributed by atoms with Crippen LogP contribution in [0.15, 0.2) is 28.8 Å². The van der Waals surface area contributed by atoms with Gasteiger partial charge in [-0.05, 0) is 50.1 Å². The molecule has 1 aromatic heterocycles. The van der Waals surface area contributed by atoms with Crippen molar-refractivity contribution in [2.45, 2.75) is 39.2 Å². The lowest BCUT2D eigenvalue weighted by molar-refractivity contribution is -0.126. The van der Waals surface area contributed by atoms with E-state index in [-0.39, 0.29) is 11.8 Å². The number of nitrogens with zero attached hydrogens (tertiary/aromatic N) is 3. The summed E-state index contributed by atoms with van der Waals surface area (Å²) in [5.74, 6) is 2.14. The molecule has 1 fully saturated rings. The maximum absolute atomic E-state index is 12.3. The number of aromatic nitrogens is 2. The molecule has 2 aromatic rings. The van der Waals surface area contributed by atoms with Crippen molar-refractivity contribution in [2.24, 2.45) is 5.92 Å². The van der Waals surface area contributed by atoms with Gasteiger partial charge in [0.1, 0.15) is 5.75 Å². The average Bonchev–Trinajstić information content (AvgIpc) is 3.17. The number of unbranched alkanes of at least 4 members (excludes halogenated alkanes) is 1. The second kappa shape index (κ2) is 9.50. The Labute approximate surface area is 160 Å². The molecule has 1 saturated heterocycles. The third kappa shape index (κ3) is 5.29. The molecule has 3 rings (SSSR count). The second-order valence-corrected chi connectivity index (χ2v) is 6.96. The van der Waals surface area contributed by atoms with Gasteiger partial charge in [0.15, 0.2) is 0 Å². The molecular weight excluding hydrogens is 344 g/mol. The summed E-state index contributed by atoms with van der Waals surface area (Å²) in [4.78, 5) is 19.0. The van der Waals surface area contributed by atoms with Gasteiger partial charge in [0.2, 0.25) is 17.6 Å². The van der Waals surface area contributed by atoms with Crippen LogP contribution in [0.5, 0.6) is 5.75 Å². The topological polar surface area (TPSA) is 80.5 Å². The van der Waals surface area contributed by atoms with Crippen LogP contribution >= 0.6 is 0 Å². The van der Waals surface area contributed by atoms with Gasteiger partial charge in [-0.2, -0.15) is 4.98 Å². The van der Waals surface area contributed by atoms with Gasteiger partial charge in [-0.1, -0.05) is 18.5 Å². The number of rotatable bonds is 8. The summed E-state index contributed by atoms with van der Waals surface area (Å²) < 4.78 is 10.6. The van der Waals surface area contributed by atoms with E-state index in [0.717, 1.165) is 56.6 Å². The fourth-order valence-corrected chi connectivity index (χ4v) is 3.31. The molecule has 1 aromatic carbocycles. The minimum absolute atomic E-state index is 0.0413. The number of carbonyl (C=O) groups is 1. The predicted octanol–water partition coefficient (Wildman–Crippen LogP) is 2.87. The Hall–Kier alpha value is -2.41. The van der Waals surface area contributed by atoms with Crippen molar-refractivity contribution in [3.8, 4) is 17.1 Å². The Bertz CT molecular complexity index is 729. The van der Waals surface area contributed by atoms with Gasteiger partial charge in [0.05, 0.1) is 19.6 Å². The molecule has 1 aliphatic heterocycles. The Balaban J connectivity index is 1.55. The van der Waals surface area contributed by atoms with Gasteiger partial charge in [-0.3, -0.25) is 9.69 Å². The minimum atomic E-state index is 0.0413. The first-order valence-electron chi connectivity index (χ1n) is 9.66.